The van der Waals surface area contributed by atoms with E-state index in [-0.39, 0.29) is 0 Å². The molecule has 0 aliphatic heterocycles. The van der Waals surface area contributed by atoms with Crippen LogP contribution in [0.15, 0.2) is 127 Å². The molecule has 0 aliphatic carbocycles. The highest BCUT2D eigenvalue weighted by Crippen LogP contribution is 2.46. The Bertz CT molecular complexity index is 1280. The molecule has 0 spiro atoms. The van der Waals surface area contributed by atoms with Gasteiger partial charge in [0.05, 0.1) is 21.4 Å². The number of para-hydroxylation sites is 1. The molecule has 5 rings (SSSR count). The summed E-state index contributed by atoms with van der Waals surface area (Å²) in [7, 11) is 0. The predicted octanol–water partition coefficient (Wildman–Crippen LogP) is 9.80. The van der Waals surface area contributed by atoms with Crippen LogP contribution in [0, 0.1) is 0 Å². The average molecular weight is 466 g/mol. The van der Waals surface area contributed by atoms with Crippen LogP contribution in [0.3, 0.4) is 0 Å². The summed E-state index contributed by atoms with van der Waals surface area (Å²) in [5.74, 6) is 0. The van der Waals surface area contributed by atoms with E-state index in [1.165, 1.54) is 0 Å². The summed E-state index contributed by atoms with van der Waals surface area (Å²) in [5, 5.41) is 1.35. The second-order valence-electron chi connectivity index (χ2n) is 7.68. The molecule has 0 unspecified atom stereocenters. The van der Waals surface area contributed by atoms with Gasteiger partial charge in [0.15, 0.2) is 0 Å². The maximum absolute atomic E-state index is 7.06. The Morgan fingerprint density at radius 2 is 0.788 bits per heavy atom. The third kappa shape index (κ3) is 4.26. The molecular weight excluding hydrogens is 445 g/mol. The van der Waals surface area contributed by atoms with Crippen molar-refractivity contribution in [3.63, 3.8) is 0 Å². The first-order chi connectivity index (χ1) is 16.2. The number of hydrogen-bond donors (Lipinski definition) is 0. The van der Waals surface area contributed by atoms with Crippen molar-refractivity contribution in [2.75, 3.05) is 4.90 Å². The highest BCUT2D eigenvalue weighted by Gasteiger charge is 2.21. The Morgan fingerprint density at radius 1 is 0.394 bits per heavy atom. The van der Waals surface area contributed by atoms with E-state index in [4.69, 9.17) is 23.2 Å². The fourth-order valence-electron chi connectivity index (χ4n) is 4.05. The summed E-state index contributed by atoms with van der Waals surface area (Å²) in [5.41, 5.74) is 6.82. The number of halogens is 2. The van der Waals surface area contributed by atoms with Gasteiger partial charge in [-0.15, -0.1) is 0 Å². The number of benzene rings is 5. The second-order valence-corrected chi connectivity index (χ2v) is 8.44. The maximum atomic E-state index is 7.06. The summed E-state index contributed by atoms with van der Waals surface area (Å²) in [6.07, 6.45) is 0. The second kappa shape index (κ2) is 9.54. The first-order valence-electron chi connectivity index (χ1n) is 10.8. The van der Waals surface area contributed by atoms with Crippen molar-refractivity contribution in [2.24, 2.45) is 0 Å². The highest BCUT2D eigenvalue weighted by atomic mass is 35.5. The number of hydrogen-bond acceptors (Lipinski definition) is 1. The molecule has 0 aliphatic rings. The van der Waals surface area contributed by atoms with Crippen molar-refractivity contribution >= 4 is 40.3 Å². The molecule has 5 aromatic rings. The zero-order valence-electron chi connectivity index (χ0n) is 17.8. The van der Waals surface area contributed by atoms with Crippen molar-refractivity contribution in [3.05, 3.63) is 137 Å². The third-order valence-electron chi connectivity index (χ3n) is 5.62. The lowest BCUT2D eigenvalue weighted by atomic mass is 10.0. The molecule has 0 fully saturated rings. The van der Waals surface area contributed by atoms with Crippen molar-refractivity contribution < 1.29 is 0 Å². The van der Waals surface area contributed by atoms with Crippen LogP contribution in [0.5, 0.6) is 0 Å². The van der Waals surface area contributed by atoms with Crippen LogP contribution in [0.4, 0.5) is 17.1 Å². The Balaban J connectivity index is 1.72. The van der Waals surface area contributed by atoms with Crippen LogP contribution in [0.1, 0.15) is 0 Å². The van der Waals surface area contributed by atoms with Crippen molar-refractivity contribution in [3.8, 4) is 22.3 Å². The Labute approximate surface area is 204 Å². The normalized spacial score (nSPS) is 10.7. The molecule has 0 saturated heterocycles. The van der Waals surface area contributed by atoms with Crippen LogP contribution in [0.25, 0.3) is 22.3 Å². The third-order valence-corrected chi connectivity index (χ3v) is 6.42. The van der Waals surface area contributed by atoms with Crippen molar-refractivity contribution in [1.82, 2.24) is 0 Å². The zero-order chi connectivity index (χ0) is 22.6. The van der Waals surface area contributed by atoms with Crippen LogP contribution >= 0.6 is 23.2 Å². The van der Waals surface area contributed by atoms with E-state index in [2.05, 4.69) is 41.3 Å². The molecular formula is C30H21Cl2N. The van der Waals surface area contributed by atoms with Gasteiger partial charge in [-0.3, -0.25) is 0 Å². The molecule has 0 heterocycles. The Morgan fingerprint density at radius 3 is 1.21 bits per heavy atom. The van der Waals surface area contributed by atoms with E-state index < -0.39 is 0 Å². The molecule has 3 heteroatoms. The van der Waals surface area contributed by atoms with Gasteiger partial charge in [-0.05, 0) is 35.4 Å². The zero-order valence-corrected chi connectivity index (χ0v) is 19.3. The monoisotopic (exact) mass is 465 g/mol. The molecule has 0 amide bonds. The predicted molar refractivity (Wildman–Crippen MR) is 142 cm³/mol. The quantitative estimate of drug-likeness (QED) is 0.249. The largest absolute Gasteiger partial charge is 0.307 e. The van der Waals surface area contributed by atoms with Crippen molar-refractivity contribution in [1.29, 1.82) is 0 Å². The molecule has 0 bridgehead atoms. The van der Waals surface area contributed by atoms with Crippen LogP contribution in [0.2, 0.25) is 10.0 Å². The highest BCUT2D eigenvalue weighted by molar-refractivity contribution is 6.38. The van der Waals surface area contributed by atoms with Crippen LogP contribution < -0.4 is 4.90 Å². The van der Waals surface area contributed by atoms with Gasteiger partial charge >= 0.3 is 0 Å². The molecule has 0 saturated carbocycles. The molecule has 0 aromatic heterocycles. The summed E-state index contributed by atoms with van der Waals surface area (Å²) in [4.78, 5) is 2.13. The summed E-state index contributed by atoms with van der Waals surface area (Å²) >= 11 is 14.1. The van der Waals surface area contributed by atoms with Gasteiger partial charge in [-0.2, -0.15) is 0 Å². The van der Waals surface area contributed by atoms with Gasteiger partial charge in [0.1, 0.15) is 0 Å². The summed E-state index contributed by atoms with van der Waals surface area (Å²) < 4.78 is 0. The van der Waals surface area contributed by atoms with E-state index in [9.17, 15) is 0 Å². The molecule has 1 nitrogen and oxygen atoms in total. The lowest BCUT2D eigenvalue weighted by Crippen LogP contribution is -2.11. The minimum Gasteiger partial charge on any atom is -0.307 e. The fraction of sp³-hybridized carbons (Fsp3) is 0. The number of rotatable bonds is 5. The Hall–Kier alpha value is -3.52. The van der Waals surface area contributed by atoms with E-state index in [1.54, 1.807) is 0 Å². The first kappa shape index (κ1) is 21.3. The molecule has 160 valence electrons. The van der Waals surface area contributed by atoms with Gasteiger partial charge in [-0.25, -0.2) is 0 Å². The SMILES string of the molecule is Clc1c(-c2ccccc2)cccc1N(c1ccccc1)c1cccc(-c2ccccc2)c1Cl. The Kier molecular flexibility index (Phi) is 6.17. The number of anilines is 3. The molecule has 0 radical (unpaired) electrons. The summed E-state index contributed by atoms with van der Waals surface area (Å²) in [6, 6.07) is 42.8. The lowest BCUT2D eigenvalue weighted by molar-refractivity contribution is 1.28. The summed E-state index contributed by atoms with van der Waals surface area (Å²) in [6.45, 7) is 0. The minimum atomic E-state index is 0.675. The van der Waals surface area contributed by atoms with Gasteiger partial charge in [0.2, 0.25) is 0 Å². The van der Waals surface area contributed by atoms with Crippen molar-refractivity contribution in [2.45, 2.75) is 0 Å². The average Bonchev–Trinajstić information content (AvgIpc) is 2.88. The molecule has 5 aromatic carbocycles. The van der Waals surface area contributed by atoms with Crippen LogP contribution in [-0.4, -0.2) is 0 Å². The first-order valence-corrected chi connectivity index (χ1v) is 11.5. The van der Waals surface area contributed by atoms with E-state index >= 15 is 0 Å². The fourth-order valence-corrected chi connectivity index (χ4v) is 4.69. The minimum absolute atomic E-state index is 0.675. The van der Waals surface area contributed by atoms with Gasteiger partial charge in [-0.1, -0.05) is 126 Å². The van der Waals surface area contributed by atoms with Gasteiger partial charge in [0, 0.05) is 16.8 Å². The molecule has 0 N–H and O–H groups in total. The van der Waals surface area contributed by atoms with Gasteiger partial charge < -0.3 is 4.90 Å². The maximum Gasteiger partial charge on any atom is 0.0725 e. The van der Waals surface area contributed by atoms with E-state index in [0.29, 0.717) is 10.0 Å². The van der Waals surface area contributed by atoms with E-state index in [1.807, 2.05) is 91.0 Å². The van der Waals surface area contributed by atoms with E-state index in [0.717, 1.165) is 39.3 Å². The number of nitrogens with zero attached hydrogens (tertiary/aromatic N) is 1. The molecule has 0 atom stereocenters. The standard InChI is InChI=1S/C30H21Cl2N/c31-29-25(22-12-4-1-5-13-22)18-10-20-27(29)33(24-16-8-3-9-17-24)28-21-11-19-26(30(28)32)23-14-6-2-7-15-23/h1-21H. The lowest BCUT2D eigenvalue weighted by Gasteiger charge is -2.28. The van der Waals surface area contributed by atoms with Gasteiger partial charge in [0.25, 0.3) is 0 Å². The topological polar surface area (TPSA) is 3.24 Å². The molecule has 33 heavy (non-hydrogen) atoms. The smallest absolute Gasteiger partial charge is 0.0725 e. The van der Waals surface area contributed by atoms with Crippen LogP contribution in [-0.2, 0) is 0 Å².